The fourth-order valence-electron chi connectivity index (χ4n) is 1.29. The SMILES string of the molecule is C=C[C@](C)([C@H](O)C=C=C(C)C)[Si](C)(C)C. The molecule has 0 aromatic heterocycles. The second kappa shape index (κ2) is 4.98. The Morgan fingerprint density at radius 3 is 2.13 bits per heavy atom. The fraction of sp³-hybridized carbons (Fsp3) is 0.615. The molecule has 0 rings (SSSR count). The highest BCUT2D eigenvalue weighted by molar-refractivity contribution is 6.79. The van der Waals surface area contributed by atoms with Gasteiger partial charge in [0.05, 0.1) is 14.2 Å². The number of aliphatic hydroxyl groups is 1. The summed E-state index contributed by atoms with van der Waals surface area (Å²) in [6, 6.07) is 0. The minimum atomic E-state index is -1.49. The van der Waals surface area contributed by atoms with E-state index < -0.39 is 14.2 Å². The first-order chi connectivity index (χ1) is 6.65. The highest BCUT2D eigenvalue weighted by Crippen LogP contribution is 2.42. The lowest BCUT2D eigenvalue weighted by Crippen LogP contribution is -2.43. The molecule has 0 aliphatic carbocycles. The summed E-state index contributed by atoms with van der Waals surface area (Å²) in [6.07, 6.45) is 3.17. The largest absolute Gasteiger partial charge is 0.388 e. The van der Waals surface area contributed by atoms with Crippen LogP contribution in [0.15, 0.2) is 30.0 Å². The minimum absolute atomic E-state index is 0.199. The van der Waals surface area contributed by atoms with Crippen LogP contribution in [0, 0.1) is 0 Å². The van der Waals surface area contributed by atoms with Crippen molar-refractivity contribution in [2.45, 2.75) is 51.6 Å². The van der Waals surface area contributed by atoms with E-state index in [1.807, 2.05) is 19.9 Å². The Labute approximate surface area is 95.2 Å². The van der Waals surface area contributed by atoms with E-state index in [9.17, 15) is 5.11 Å². The van der Waals surface area contributed by atoms with Gasteiger partial charge in [-0.1, -0.05) is 32.6 Å². The monoisotopic (exact) mass is 224 g/mol. The fourth-order valence-corrected chi connectivity index (χ4v) is 2.87. The van der Waals surface area contributed by atoms with Gasteiger partial charge < -0.3 is 5.11 Å². The van der Waals surface area contributed by atoms with E-state index in [0.717, 1.165) is 5.57 Å². The molecule has 0 aliphatic heterocycles. The Hall–Kier alpha value is -0.563. The lowest BCUT2D eigenvalue weighted by Gasteiger charge is -2.40. The topological polar surface area (TPSA) is 20.2 Å². The normalized spacial score (nSPS) is 17.3. The van der Waals surface area contributed by atoms with Crippen molar-refractivity contribution in [3.05, 3.63) is 30.0 Å². The Kier molecular flexibility index (Phi) is 4.79. The van der Waals surface area contributed by atoms with Gasteiger partial charge in [0.25, 0.3) is 0 Å². The van der Waals surface area contributed by atoms with Crippen LogP contribution in [0.1, 0.15) is 20.8 Å². The molecule has 2 atom stereocenters. The molecule has 0 aromatic rings. The summed E-state index contributed by atoms with van der Waals surface area (Å²) < 4.78 is 0. The van der Waals surface area contributed by atoms with Crippen molar-refractivity contribution in [2.24, 2.45) is 0 Å². The Balaban J connectivity index is 5.16. The second-order valence-electron chi connectivity index (χ2n) is 5.49. The molecule has 0 aromatic carbocycles. The maximum absolute atomic E-state index is 10.2. The molecule has 0 unspecified atom stereocenters. The summed E-state index contributed by atoms with van der Waals surface area (Å²) in [5.74, 6) is 0. The van der Waals surface area contributed by atoms with Crippen LogP contribution < -0.4 is 0 Å². The van der Waals surface area contributed by atoms with Crippen molar-refractivity contribution in [1.29, 1.82) is 0 Å². The van der Waals surface area contributed by atoms with E-state index in [1.54, 1.807) is 6.08 Å². The molecule has 1 nitrogen and oxygen atoms in total. The second-order valence-corrected chi connectivity index (χ2v) is 11.1. The zero-order chi connectivity index (χ0) is 12.3. The van der Waals surface area contributed by atoms with Crippen molar-refractivity contribution < 1.29 is 5.11 Å². The molecule has 0 heterocycles. The summed E-state index contributed by atoms with van der Waals surface area (Å²) in [6.45, 7) is 16.6. The number of hydrogen-bond acceptors (Lipinski definition) is 1. The number of hydrogen-bond donors (Lipinski definition) is 1. The Morgan fingerprint density at radius 2 is 1.87 bits per heavy atom. The van der Waals surface area contributed by atoms with Crippen molar-refractivity contribution in [3.8, 4) is 0 Å². The average molecular weight is 224 g/mol. The molecule has 0 aliphatic rings. The zero-order valence-electron chi connectivity index (χ0n) is 10.9. The average Bonchev–Trinajstić information content (AvgIpc) is 2.10. The first-order valence-corrected chi connectivity index (χ1v) is 8.87. The van der Waals surface area contributed by atoms with Gasteiger partial charge in [-0.05, 0) is 25.5 Å². The van der Waals surface area contributed by atoms with Gasteiger partial charge in [-0.15, -0.1) is 12.3 Å². The zero-order valence-corrected chi connectivity index (χ0v) is 11.9. The van der Waals surface area contributed by atoms with Crippen LogP contribution in [0.2, 0.25) is 24.7 Å². The number of aliphatic hydroxyl groups excluding tert-OH is 1. The summed E-state index contributed by atoms with van der Waals surface area (Å²) in [5.41, 5.74) is 4.15. The summed E-state index contributed by atoms with van der Waals surface area (Å²) >= 11 is 0. The van der Waals surface area contributed by atoms with Gasteiger partial charge >= 0.3 is 0 Å². The number of rotatable bonds is 4. The van der Waals surface area contributed by atoms with Crippen LogP contribution in [0.4, 0.5) is 0 Å². The van der Waals surface area contributed by atoms with Crippen LogP contribution in [0.25, 0.3) is 0 Å². The van der Waals surface area contributed by atoms with Crippen LogP contribution in [0.5, 0.6) is 0 Å². The molecular formula is C13H24OSi. The predicted molar refractivity (Wildman–Crippen MR) is 70.9 cm³/mol. The Bertz CT molecular complexity index is 288. The quantitative estimate of drug-likeness (QED) is 0.438. The van der Waals surface area contributed by atoms with E-state index in [0.29, 0.717) is 0 Å². The molecule has 86 valence electrons. The van der Waals surface area contributed by atoms with Crippen LogP contribution >= 0.6 is 0 Å². The molecule has 0 radical (unpaired) electrons. The smallest absolute Gasteiger partial charge is 0.0858 e. The summed E-state index contributed by atoms with van der Waals surface area (Å²) in [5, 5.41) is 9.99. The van der Waals surface area contributed by atoms with Gasteiger partial charge in [0, 0.05) is 5.04 Å². The van der Waals surface area contributed by atoms with E-state index in [2.05, 4.69) is 38.9 Å². The molecule has 15 heavy (non-hydrogen) atoms. The van der Waals surface area contributed by atoms with Crippen molar-refractivity contribution in [2.75, 3.05) is 0 Å². The highest BCUT2D eigenvalue weighted by Gasteiger charge is 2.41. The highest BCUT2D eigenvalue weighted by atomic mass is 28.3. The van der Waals surface area contributed by atoms with Crippen LogP contribution in [-0.2, 0) is 0 Å². The van der Waals surface area contributed by atoms with E-state index in [-0.39, 0.29) is 5.04 Å². The molecule has 0 fully saturated rings. The molecule has 0 saturated heterocycles. The van der Waals surface area contributed by atoms with Gasteiger partial charge in [-0.2, -0.15) is 0 Å². The van der Waals surface area contributed by atoms with Gasteiger partial charge in [-0.3, -0.25) is 0 Å². The third-order valence-electron chi connectivity index (χ3n) is 3.18. The Morgan fingerprint density at radius 1 is 1.40 bits per heavy atom. The minimum Gasteiger partial charge on any atom is -0.388 e. The predicted octanol–water partition coefficient (Wildman–Crippen LogP) is 3.75. The van der Waals surface area contributed by atoms with E-state index >= 15 is 0 Å². The van der Waals surface area contributed by atoms with E-state index in [4.69, 9.17) is 0 Å². The lowest BCUT2D eigenvalue weighted by molar-refractivity contribution is 0.189. The maximum Gasteiger partial charge on any atom is 0.0858 e. The molecule has 0 amide bonds. The van der Waals surface area contributed by atoms with Gasteiger partial charge in [0.1, 0.15) is 0 Å². The third kappa shape index (κ3) is 3.49. The van der Waals surface area contributed by atoms with Crippen molar-refractivity contribution in [3.63, 3.8) is 0 Å². The van der Waals surface area contributed by atoms with Gasteiger partial charge in [-0.25, -0.2) is 0 Å². The third-order valence-corrected chi connectivity index (χ3v) is 6.92. The molecular weight excluding hydrogens is 200 g/mol. The van der Waals surface area contributed by atoms with Gasteiger partial charge in [0.2, 0.25) is 0 Å². The standard InChI is InChI=1S/C13H24OSi/c1-8-13(4,15(5,6)7)12(14)10-9-11(2)3/h8,10,12,14H,1H2,2-7H3/t12-,13-/m1/s1. The van der Waals surface area contributed by atoms with Crippen molar-refractivity contribution in [1.82, 2.24) is 0 Å². The maximum atomic E-state index is 10.2. The first-order valence-electron chi connectivity index (χ1n) is 5.37. The van der Waals surface area contributed by atoms with Crippen LogP contribution in [0.3, 0.4) is 0 Å². The van der Waals surface area contributed by atoms with Gasteiger partial charge in [0.15, 0.2) is 0 Å². The van der Waals surface area contributed by atoms with E-state index in [1.165, 1.54) is 0 Å². The molecule has 0 spiro atoms. The molecule has 0 bridgehead atoms. The molecule has 0 saturated carbocycles. The first kappa shape index (κ1) is 14.4. The lowest BCUT2D eigenvalue weighted by atomic mass is 10.0. The summed E-state index contributed by atoms with van der Waals surface area (Å²) in [7, 11) is -1.49. The van der Waals surface area contributed by atoms with Crippen LogP contribution in [-0.4, -0.2) is 19.3 Å². The summed E-state index contributed by atoms with van der Waals surface area (Å²) in [4.78, 5) is 0. The molecule has 1 N–H and O–H groups in total. The van der Waals surface area contributed by atoms with Crippen molar-refractivity contribution >= 4 is 8.07 Å². The molecule has 2 heteroatoms.